The number of nitrogens with zero attached hydrogens (tertiary/aromatic N) is 2. The van der Waals surface area contributed by atoms with E-state index in [2.05, 4.69) is 40.6 Å². The molecule has 1 aromatic rings. The van der Waals surface area contributed by atoms with Crippen LogP contribution in [0.2, 0.25) is 0 Å². The van der Waals surface area contributed by atoms with Crippen molar-refractivity contribution in [2.45, 2.75) is 13.0 Å². The molecule has 2 aliphatic rings. The van der Waals surface area contributed by atoms with Gasteiger partial charge in [-0.1, -0.05) is 36.4 Å². The SMILES string of the molecule is O=C1NCCN1C1=CCCN(Cc2ccccc2)C1. The van der Waals surface area contributed by atoms with Gasteiger partial charge in [-0.3, -0.25) is 9.80 Å². The molecule has 0 spiro atoms. The molecule has 0 unspecified atom stereocenters. The van der Waals surface area contributed by atoms with Gasteiger partial charge in [-0.25, -0.2) is 4.79 Å². The van der Waals surface area contributed by atoms with Crippen molar-refractivity contribution in [1.82, 2.24) is 15.1 Å². The van der Waals surface area contributed by atoms with Crippen LogP contribution in [0.3, 0.4) is 0 Å². The maximum atomic E-state index is 11.7. The lowest BCUT2D eigenvalue weighted by Gasteiger charge is -2.30. The third-order valence-electron chi connectivity index (χ3n) is 3.66. The molecule has 4 nitrogen and oxygen atoms in total. The highest BCUT2D eigenvalue weighted by molar-refractivity contribution is 5.78. The monoisotopic (exact) mass is 257 g/mol. The third kappa shape index (κ3) is 2.79. The highest BCUT2D eigenvalue weighted by Crippen LogP contribution is 2.18. The predicted molar refractivity (Wildman–Crippen MR) is 74.5 cm³/mol. The Balaban J connectivity index is 1.64. The summed E-state index contributed by atoms with van der Waals surface area (Å²) >= 11 is 0. The lowest BCUT2D eigenvalue weighted by Crippen LogP contribution is -2.37. The highest BCUT2D eigenvalue weighted by atomic mass is 16.2. The second kappa shape index (κ2) is 5.45. The highest BCUT2D eigenvalue weighted by Gasteiger charge is 2.25. The largest absolute Gasteiger partial charge is 0.336 e. The molecule has 0 saturated carbocycles. The van der Waals surface area contributed by atoms with Crippen molar-refractivity contribution < 1.29 is 4.79 Å². The van der Waals surface area contributed by atoms with Crippen LogP contribution in [-0.4, -0.2) is 42.0 Å². The van der Waals surface area contributed by atoms with E-state index in [0.29, 0.717) is 0 Å². The lowest BCUT2D eigenvalue weighted by atomic mass is 10.1. The Labute approximate surface area is 113 Å². The summed E-state index contributed by atoms with van der Waals surface area (Å²) in [4.78, 5) is 16.0. The summed E-state index contributed by atoms with van der Waals surface area (Å²) in [7, 11) is 0. The van der Waals surface area contributed by atoms with Gasteiger partial charge in [-0.05, 0) is 12.0 Å². The summed E-state index contributed by atoms with van der Waals surface area (Å²) in [5.41, 5.74) is 2.48. The number of carbonyl (C=O) groups excluding carboxylic acids is 1. The van der Waals surface area contributed by atoms with Gasteiger partial charge >= 0.3 is 6.03 Å². The summed E-state index contributed by atoms with van der Waals surface area (Å²) in [6.45, 7) is 4.43. The summed E-state index contributed by atoms with van der Waals surface area (Å²) in [5.74, 6) is 0. The fourth-order valence-corrected chi connectivity index (χ4v) is 2.70. The number of rotatable bonds is 3. The first-order chi connectivity index (χ1) is 9.33. The van der Waals surface area contributed by atoms with Gasteiger partial charge in [0, 0.05) is 38.4 Å². The van der Waals surface area contributed by atoms with E-state index in [1.165, 1.54) is 5.56 Å². The standard InChI is InChI=1S/C15H19N3O/c19-15-16-8-10-18(15)14-7-4-9-17(12-14)11-13-5-2-1-3-6-13/h1-3,5-7H,4,8-12H2,(H,16,19). The van der Waals surface area contributed by atoms with Crippen molar-refractivity contribution in [3.8, 4) is 0 Å². The number of hydrogen-bond acceptors (Lipinski definition) is 2. The molecule has 0 aromatic heterocycles. The fraction of sp³-hybridized carbons (Fsp3) is 0.400. The fourth-order valence-electron chi connectivity index (χ4n) is 2.70. The van der Waals surface area contributed by atoms with E-state index in [9.17, 15) is 4.79 Å². The molecular weight excluding hydrogens is 238 g/mol. The quantitative estimate of drug-likeness (QED) is 0.896. The molecule has 0 aliphatic carbocycles. The van der Waals surface area contributed by atoms with Crippen LogP contribution in [0.15, 0.2) is 42.1 Å². The average Bonchev–Trinajstić information content (AvgIpc) is 2.86. The van der Waals surface area contributed by atoms with Crippen LogP contribution in [-0.2, 0) is 6.54 Å². The van der Waals surface area contributed by atoms with Crippen LogP contribution in [0.1, 0.15) is 12.0 Å². The second-order valence-corrected chi connectivity index (χ2v) is 5.06. The summed E-state index contributed by atoms with van der Waals surface area (Å²) in [5, 5.41) is 2.86. The summed E-state index contributed by atoms with van der Waals surface area (Å²) in [6.07, 6.45) is 3.22. The minimum absolute atomic E-state index is 0.0489. The van der Waals surface area contributed by atoms with E-state index in [0.717, 1.165) is 44.8 Å². The van der Waals surface area contributed by atoms with E-state index in [-0.39, 0.29) is 6.03 Å². The van der Waals surface area contributed by atoms with Gasteiger partial charge in [-0.2, -0.15) is 0 Å². The smallest absolute Gasteiger partial charge is 0.321 e. The van der Waals surface area contributed by atoms with Gasteiger partial charge in [0.1, 0.15) is 0 Å². The molecule has 1 N–H and O–H groups in total. The van der Waals surface area contributed by atoms with Gasteiger partial charge in [0.05, 0.1) is 0 Å². The molecule has 1 aromatic carbocycles. The third-order valence-corrected chi connectivity index (χ3v) is 3.66. The number of nitrogens with one attached hydrogen (secondary N) is 1. The Morgan fingerprint density at radius 3 is 2.74 bits per heavy atom. The molecule has 0 radical (unpaired) electrons. The van der Waals surface area contributed by atoms with Crippen LogP contribution < -0.4 is 5.32 Å². The molecule has 0 atom stereocenters. The molecule has 100 valence electrons. The van der Waals surface area contributed by atoms with Gasteiger partial charge in [0.15, 0.2) is 0 Å². The number of carbonyl (C=O) groups is 1. The molecule has 4 heteroatoms. The summed E-state index contributed by atoms with van der Waals surface area (Å²) < 4.78 is 0. The minimum Gasteiger partial charge on any atom is -0.336 e. The average molecular weight is 257 g/mol. The number of benzene rings is 1. The van der Waals surface area contributed by atoms with E-state index in [1.807, 2.05) is 11.0 Å². The Kier molecular flexibility index (Phi) is 3.51. The zero-order valence-electron chi connectivity index (χ0n) is 11.0. The van der Waals surface area contributed by atoms with E-state index in [4.69, 9.17) is 0 Å². The van der Waals surface area contributed by atoms with E-state index < -0.39 is 0 Å². The van der Waals surface area contributed by atoms with Crippen molar-refractivity contribution in [1.29, 1.82) is 0 Å². The summed E-state index contributed by atoms with van der Waals surface area (Å²) in [6, 6.07) is 10.5. The zero-order chi connectivity index (χ0) is 13.1. The van der Waals surface area contributed by atoms with Crippen molar-refractivity contribution in [2.75, 3.05) is 26.2 Å². The van der Waals surface area contributed by atoms with Gasteiger partial charge < -0.3 is 5.32 Å². The maximum absolute atomic E-state index is 11.7. The predicted octanol–water partition coefficient (Wildman–Crippen LogP) is 1.80. The van der Waals surface area contributed by atoms with Crippen molar-refractivity contribution in [2.24, 2.45) is 0 Å². The molecule has 19 heavy (non-hydrogen) atoms. The molecular formula is C15H19N3O. The molecule has 1 fully saturated rings. The van der Waals surface area contributed by atoms with E-state index in [1.54, 1.807) is 0 Å². The lowest BCUT2D eigenvalue weighted by molar-refractivity contribution is 0.213. The zero-order valence-corrected chi connectivity index (χ0v) is 11.0. The van der Waals surface area contributed by atoms with Gasteiger partial charge in [0.2, 0.25) is 0 Å². The Morgan fingerprint density at radius 2 is 2.00 bits per heavy atom. The first kappa shape index (κ1) is 12.2. The second-order valence-electron chi connectivity index (χ2n) is 5.06. The molecule has 1 saturated heterocycles. The van der Waals surface area contributed by atoms with Crippen molar-refractivity contribution >= 4 is 6.03 Å². The number of urea groups is 1. The molecule has 3 rings (SSSR count). The van der Waals surface area contributed by atoms with Crippen LogP contribution >= 0.6 is 0 Å². The minimum atomic E-state index is 0.0489. The first-order valence-electron chi connectivity index (χ1n) is 6.83. The number of amides is 2. The molecule has 2 heterocycles. The van der Waals surface area contributed by atoms with Crippen molar-refractivity contribution in [3.63, 3.8) is 0 Å². The number of hydrogen-bond donors (Lipinski definition) is 1. The first-order valence-corrected chi connectivity index (χ1v) is 6.83. The Hall–Kier alpha value is -1.81. The van der Waals surface area contributed by atoms with Crippen molar-refractivity contribution in [3.05, 3.63) is 47.7 Å². The van der Waals surface area contributed by atoms with Crippen LogP contribution in [0.25, 0.3) is 0 Å². The molecule has 0 bridgehead atoms. The van der Waals surface area contributed by atoms with E-state index >= 15 is 0 Å². The Morgan fingerprint density at radius 1 is 1.16 bits per heavy atom. The molecule has 2 amide bonds. The topological polar surface area (TPSA) is 35.6 Å². The Bertz CT molecular complexity index is 483. The maximum Gasteiger partial charge on any atom is 0.321 e. The van der Waals surface area contributed by atoms with Gasteiger partial charge in [-0.15, -0.1) is 0 Å². The normalized spacial score (nSPS) is 20.3. The molecule has 2 aliphatic heterocycles. The van der Waals surface area contributed by atoms with Crippen LogP contribution in [0.4, 0.5) is 4.79 Å². The van der Waals surface area contributed by atoms with Crippen LogP contribution in [0, 0.1) is 0 Å². The van der Waals surface area contributed by atoms with Crippen LogP contribution in [0.5, 0.6) is 0 Å². The van der Waals surface area contributed by atoms with Gasteiger partial charge in [0.25, 0.3) is 0 Å².